The zero-order valence-electron chi connectivity index (χ0n) is 10.1. The van der Waals surface area contributed by atoms with Crippen molar-refractivity contribution in [3.63, 3.8) is 0 Å². The highest BCUT2D eigenvalue weighted by molar-refractivity contribution is 9.11. The maximum atomic E-state index is 12.3. The maximum absolute atomic E-state index is 12.3. The second-order valence-corrected chi connectivity index (χ2v) is 7.28. The topological polar surface area (TPSA) is 29.1 Å². The Hall–Kier alpha value is -0.350. The van der Waals surface area contributed by atoms with E-state index in [0.29, 0.717) is 6.54 Å². The van der Waals surface area contributed by atoms with E-state index >= 15 is 0 Å². The Labute approximate surface area is 115 Å². The highest BCUT2D eigenvalue weighted by Gasteiger charge is 2.38. The molecule has 0 atom stereocenters. The molecular formula is C13H18BrNOS. The molecule has 17 heavy (non-hydrogen) atoms. The molecule has 0 aliphatic heterocycles. The molecule has 4 heteroatoms. The highest BCUT2D eigenvalue weighted by atomic mass is 79.9. The van der Waals surface area contributed by atoms with E-state index in [-0.39, 0.29) is 11.3 Å². The van der Waals surface area contributed by atoms with Crippen molar-refractivity contribution in [1.82, 2.24) is 5.32 Å². The van der Waals surface area contributed by atoms with Gasteiger partial charge in [-0.1, -0.05) is 19.8 Å². The van der Waals surface area contributed by atoms with Gasteiger partial charge < -0.3 is 5.32 Å². The van der Waals surface area contributed by atoms with Crippen molar-refractivity contribution in [2.45, 2.75) is 45.6 Å². The highest BCUT2D eigenvalue weighted by Crippen LogP contribution is 2.41. The quantitative estimate of drug-likeness (QED) is 0.890. The zero-order valence-corrected chi connectivity index (χ0v) is 12.5. The van der Waals surface area contributed by atoms with Crippen molar-refractivity contribution < 1.29 is 4.79 Å². The van der Waals surface area contributed by atoms with Crippen LogP contribution in [0, 0.1) is 5.41 Å². The van der Waals surface area contributed by atoms with Gasteiger partial charge in [-0.2, -0.15) is 0 Å². The van der Waals surface area contributed by atoms with Gasteiger partial charge in [0.05, 0.1) is 10.3 Å². The molecule has 1 aromatic heterocycles. The summed E-state index contributed by atoms with van der Waals surface area (Å²) in [6.45, 7) is 2.80. The number of rotatable bonds is 4. The fraction of sp³-hybridized carbons (Fsp3) is 0.615. The van der Waals surface area contributed by atoms with E-state index in [2.05, 4.69) is 34.2 Å². The summed E-state index contributed by atoms with van der Waals surface area (Å²) >= 11 is 5.12. The van der Waals surface area contributed by atoms with E-state index < -0.39 is 0 Å². The number of thiophene rings is 1. The van der Waals surface area contributed by atoms with Crippen LogP contribution in [-0.4, -0.2) is 5.91 Å². The molecular weight excluding hydrogens is 298 g/mol. The van der Waals surface area contributed by atoms with E-state index in [1.54, 1.807) is 11.3 Å². The minimum Gasteiger partial charge on any atom is -0.351 e. The predicted octanol–water partition coefficient (Wildman–Crippen LogP) is 4.10. The van der Waals surface area contributed by atoms with Crippen LogP contribution < -0.4 is 5.32 Å². The number of amides is 1. The van der Waals surface area contributed by atoms with Gasteiger partial charge in [-0.05, 0) is 47.3 Å². The molecule has 2 rings (SSSR count). The van der Waals surface area contributed by atoms with Crippen LogP contribution in [0.15, 0.2) is 15.9 Å². The lowest BCUT2D eigenvalue weighted by atomic mass is 9.82. The molecule has 0 aromatic carbocycles. The number of halogens is 1. The summed E-state index contributed by atoms with van der Waals surface area (Å²) in [5.41, 5.74) is -0.0749. The molecule has 0 unspecified atom stereocenters. The third-order valence-electron chi connectivity index (χ3n) is 3.77. The standard InChI is InChI=1S/C13H18BrNOS/c1-2-13(7-3-4-8-13)12(16)15-9-10-5-6-11(14)17-10/h5-6H,2-4,7-9H2,1H3,(H,15,16). The summed E-state index contributed by atoms with van der Waals surface area (Å²) < 4.78 is 1.12. The Balaban J connectivity index is 1.92. The second kappa shape index (κ2) is 5.53. The van der Waals surface area contributed by atoms with Crippen molar-refractivity contribution in [2.75, 3.05) is 0 Å². The summed E-state index contributed by atoms with van der Waals surface area (Å²) in [7, 11) is 0. The molecule has 1 aromatic rings. The van der Waals surface area contributed by atoms with Crippen LogP contribution in [0.2, 0.25) is 0 Å². The van der Waals surface area contributed by atoms with Crippen molar-refractivity contribution >= 4 is 33.2 Å². The first-order valence-corrected chi connectivity index (χ1v) is 7.80. The fourth-order valence-electron chi connectivity index (χ4n) is 2.59. The first-order valence-electron chi connectivity index (χ1n) is 6.19. The number of carbonyl (C=O) groups is 1. The van der Waals surface area contributed by atoms with Gasteiger partial charge in [0.25, 0.3) is 0 Å². The van der Waals surface area contributed by atoms with Crippen LogP contribution in [0.4, 0.5) is 0 Å². The van der Waals surface area contributed by atoms with Gasteiger partial charge in [-0.15, -0.1) is 11.3 Å². The Morgan fingerprint density at radius 2 is 2.18 bits per heavy atom. The number of nitrogens with one attached hydrogen (secondary N) is 1. The van der Waals surface area contributed by atoms with Gasteiger partial charge in [0, 0.05) is 10.3 Å². The average Bonchev–Trinajstić information content (AvgIpc) is 2.95. The molecule has 0 spiro atoms. The smallest absolute Gasteiger partial charge is 0.226 e. The fourth-order valence-corrected chi connectivity index (χ4v) is 4.02. The van der Waals surface area contributed by atoms with Crippen LogP contribution in [0.1, 0.15) is 43.9 Å². The lowest BCUT2D eigenvalue weighted by Gasteiger charge is -2.25. The molecule has 0 radical (unpaired) electrons. The predicted molar refractivity (Wildman–Crippen MR) is 75.1 cm³/mol. The van der Waals surface area contributed by atoms with Gasteiger partial charge in [-0.3, -0.25) is 4.79 Å². The first-order chi connectivity index (χ1) is 8.16. The zero-order chi connectivity index (χ0) is 12.3. The molecule has 1 aliphatic carbocycles. The average molecular weight is 316 g/mol. The van der Waals surface area contributed by atoms with E-state index in [1.807, 2.05) is 6.07 Å². The molecule has 1 aliphatic rings. The summed E-state index contributed by atoms with van der Waals surface area (Å²) in [5, 5.41) is 3.10. The van der Waals surface area contributed by atoms with Gasteiger partial charge in [0.2, 0.25) is 5.91 Å². The molecule has 1 N–H and O–H groups in total. The largest absolute Gasteiger partial charge is 0.351 e. The second-order valence-electron chi connectivity index (χ2n) is 4.73. The molecule has 0 saturated heterocycles. The third kappa shape index (κ3) is 2.91. The van der Waals surface area contributed by atoms with E-state index in [9.17, 15) is 4.79 Å². The van der Waals surface area contributed by atoms with Gasteiger partial charge >= 0.3 is 0 Å². The van der Waals surface area contributed by atoms with Crippen molar-refractivity contribution in [2.24, 2.45) is 5.41 Å². The molecule has 94 valence electrons. The maximum Gasteiger partial charge on any atom is 0.226 e. The third-order valence-corrected chi connectivity index (χ3v) is 5.39. The molecule has 1 heterocycles. The van der Waals surface area contributed by atoms with E-state index in [1.165, 1.54) is 17.7 Å². The van der Waals surface area contributed by atoms with Gasteiger partial charge in [0.1, 0.15) is 0 Å². The Kier molecular flexibility index (Phi) is 4.26. The van der Waals surface area contributed by atoms with Crippen molar-refractivity contribution in [3.05, 3.63) is 20.8 Å². The van der Waals surface area contributed by atoms with E-state index in [0.717, 1.165) is 23.0 Å². The number of hydrogen-bond donors (Lipinski definition) is 1. The number of hydrogen-bond acceptors (Lipinski definition) is 2. The molecule has 1 saturated carbocycles. The monoisotopic (exact) mass is 315 g/mol. The van der Waals surface area contributed by atoms with Gasteiger partial charge in [-0.25, -0.2) is 0 Å². The van der Waals surface area contributed by atoms with Crippen LogP contribution in [0.5, 0.6) is 0 Å². The minimum absolute atomic E-state index is 0.0749. The first kappa shape index (κ1) is 13.1. The van der Waals surface area contributed by atoms with Crippen molar-refractivity contribution in [3.8, 4) is 0 Å². The SMILES string of the molecule is CCC1(C(=O)NCc2ccc(Br)s2)CCCC1. The Morgan fingerprint density at radius 1 is 1.47 bits per heavy atom. The normalized spacial score (nSPS) is 18.2. The Morgan fingerprint density at radius 3 is 2.71 bits per heavy atom. The van der Waals surface area contributed by atoms with Crippen LogP contribution in [0.25, 0.3) is 0 Å². The number of carbonyl (C=O) groups excluding carboxylic acids is 1. The van der Waals surface area contributed by atoms with Crippen molar-refractivity contribution in [1.29, 1.82) is 0 Å². The summed E-state index contributed by atoms with van der Waals surface area (Å²) in [6, 6.07) is 4.08. The molecule has 1 amide bonds. The molecule has 1 fully saturated rings. The lowest BCUT2D eigenvalue weighted by molar-refractivity contribution is -0.131. The van der Waals surface area contributed by atoms with Crippen LogP contribution in [0.3, 0.4) is 0 Å². The summed E-state index contributed by atoms with van der Waals surface area (Å²) in [5.74, 6) is 0.252. The van der Waals surface area contributed by atoms with E-state index in [4.69, 9.17) is 0 Å². The summed E-state index contributed by atoms with van der Waals surface area (Å²) in [4.78, 5) is 13.5. The molecule has 2 nitrogen and oxygen atoms in total. The molecule has 0 bridgehead atoms. The van der Waals surface area contributed by atoms with Crippen LogP contribution in [-0.2, 0) is 11.3 Å². The summed E-state index contributed by atoms with van der Waals surface area (Å²) in [6.07, 6.45) is 5.48. The van der Waals surface area contributed by atoms with Gasteiger partial charge in [0.15, 0.2) is 0 Å². The lowest BCUT2D eigenvalue weighted by Crippen LogP contribution is -2.38. The Bertz CT molecular complexity index is 396. The van der Waals surface area contributed by atoms with Crippen LogP contribution >= 0.6 is 27.3 Å². The minimum atomic E-state index is -0.0749.